The van der Waals surface area contributed by atoms with Gasteiger partial charge in [-0.3, -0.25) is 4.79 Å². The highest BCUT2D eigenvalue weighted by atomic mass is 19.1. The van der Waals surface area contributed by atoms with E-state index in [-0.39, 0.29) is 6.61 Å². The largest absolute Gasteiger partial charge is 0.484 e. The predicted octanol–water partition coefficient (Wildman–Crippen LogP) is 4.73. The lowest BCUT2D eigenvalue weighted by molar-refractivity contribution is -0.123. The van der Waals surface area contributed by atoms with Gasteiger partial charge in [-0.2, -0.15) is 5.10 Å². The fraction of sp³-hybridized carbons (Fsp3) is 0.0385. The normalized spacial score (nSPS) is 10.8. The first-order valence-corrected chi connectivity index (χ1v) is 10.1. The molecule has 0 aliphatic heterocycles. The molecule has 0 aliphatic carbocycles. The summed E-state index contributed by atoms with van der Waals surface area (Å²) in [6.45, 7) is -0.297. The van der Waals surface area contributed by atoms with Crippen LogP contribution >= 0.6 is 0 Å². The van der Waals surface area contributed by atoms with Gasteiger partial charge in [0.25, 0.3) is 5.91 Å². The summed E-state index contributed by atoms with van der Waals surface area (Å²) in [5, 5.41) is 5.73. The maximum absolute atomic E-state index is 12.9. The number of nitrogens with zero attached hydrogens (tertiary/aromatic N) is 1. The quantitative estimate of drug-likeness (QED) is 0.194. The Kier molecular flexibility index (Phi) is 6.70. The van der Waals surface area contributed by atoms with Crippen LogP contribution in [0.4, 0.5) is 4.39 Å². The molecule has 0 atom stereocenters. The van der Waals surface area contributed by atoms with Crippen molar-refractivity contribution in [3.63, 3.8) is 0 Å². The van der Waals surface area contributed by atoms with Gasteiger partial charge in [-0.05, 0) is 53.2 Å². The first-order chi connectivity index (χ1) is 16.1. The number of esters is 1. The Hall–Kier alpha value is -4.52. The number of hydrogen-bond donors (Lipinski definition) is 1. The average Bonchev–Trinajstić information content (AvgIpc) is 2.85. The van der Waals surface area contributed by atoms with Crippen molar-refractivity contribution < 1.29 is 23.5 Å². The molecule has 0 spiro atoms. The summed E-state index contributed by atoms with van der Waals surface area (Å²) >= 11 is 0. The Morgan fingerprint density at radius 1 is 0.879 bits per heavy atom. The van der Waals surface area contributed by atoms with E-state index in [4.69, 9.17) is 9.47 Å². The molecule has 33 heavy (non-hydrogen) atoms. The van der Waals surface area contributed by atoms with Crippen LogP contribution in [0.5, 0.6) is 11.5 Å². The second-order valence-corrected chi connectivity index (χ2v) is 6.99. The maximum atomic E-state index is 12.9. The molecule has 164 valence electrons. The van der Waals surface area contributed by atoms with Crippen LogP contribution in [0.25, 0.3) is 10.8 Å². The second-order valence-electron chi connectivity index (χ2n) is 6.99. The first-order valence-electron chi connectivity index (χ1n) is 10.1. The zero-order chi connectivity index (χ0) is 23.0. The van der Waals surface area contributed by atoms with E-state index in [2.05, 4.69) is 10.5 Å². The Morgan fingerprint density at radius 2 is 1.61 bits per heavy atom. The van der Waals surface area contributed by atoms with Gasteiger partial charge in [-0.15, -0.1) is 0 Å². The smallest absolute Gasteiger partial charge is 0.343 e. The van der Waals surface area contributed by atoms with Crippen molar-refractivity contribution in [2.24, 2.45) is 5.10 Å². The van der Waals surface area contributed by atoms with Crippen LogP contribution in [0.2, 0.25) is 0 Å². The topological polar surface area (TPSA) is 77.0 Å². The van der Waals surface area contributed by atoms with Crippen molar-refractivity contribution >= 4 is 28.9 Å². The number of halogens is 1. The highest BCUT2D eigenvalue weighted by Gasteiger charge is 2.13. The minimum atomic E-state index is -0.503. The molecule has 4 rings (SSSR count). The fourth-order valence-electron chi connectivity index (χ4n) is 3.11. The molecule has 1 N–H and O–H groups in total. The molecule has 0 heterocycles. The molecule has 6 nitrogen and oxygen atoms in total. The summed E-state index contributed by atoms with van der Waals surface area (Å²) in [6, 6.07) is 25.1. The van der Waals surface area contributed by atoms with Crippen LogP contribution in [-0.2, 0) is 4.79 Å². The number of rotatable bonds is 7. The number of nitrogens with one attached hydrogen (secondary N) is 1. The van der Waals surface area contributed by atoms with Crippen molar-refractivity contribution in [3.05, 3.63) is 108 Å². The van der Waals surface area contributed by atoms with Crippen molar-refractivity contribution in [3.8, 4) is 11.5 Å². The van der Waals surface area contributed by atoms with Crippen molar-refractivity contribution in [1.29, 1.82) is 0 Å². The molecule has 7 heteroatoms. The van der Waals surface area contributed by atoms with Crippen LogP contribution in [-0.4, -0.2) is 24.7 Å². The standard InChI is InChI=1S/C26H19FN2O4/c27-20-11-13-21(14-12-20)32-17-25(30)29-28-16-23-22-9-5-4-6-18(22)10-15-24(23)33-26(31)19-7-2-1-3-8-19/h1-16H,17H2,(H,29,30)/b28-16-. The number of hydrazone groups is 1. The lowest BCUT2D eigenvalue weighted by Gasteiger charge is -2.10. The Balaban J connectivity index is 1.49. The minimum absolute atomic E-state index is 0.297. The van der Waals surface area contributed by atoms with E-state index in [1.165, 1.54) is 30.5 Å². The molecule has 0 radical (unpaired) electrons. The molecule has 0 aromatic heterocycles. The number of benzene rings is 4. The van der Waals surface area contributed by atoms with Gasteiger partial charge < -0.3 is 9.47 Å². The van der Waals surface area contributed by atoms with Crippen molar-refractivity contribution in [1.82, 2.24) is 5.43 Å². The molecule has 0 bridgehead atoms. The Labute approximate surface area is 189 Å². The zero-order valence-electron chi connectivity index (χ0n) is 17.4. The second kappa shape index (κ2) is 10.2. The van der Waals surface area contributed by atoms with Crippen molar-refractivity contribution in [2.45, 2.75) is 0 Å². The lowest BCUT2D eigenvalue weighted by Crippen LogP contribution is -2.24. The van der Waals surface area contributed by atoms with Gasteiger partial charge in [0.1, 0.15) is 17.3 Å². The summed E-state index contributed by atoms with van der Waals surface area (Å²) < 4.78 is 23.9. The van der Waals surface area contributed by atoms with Gasteiger partial charge >= 0.3 is 5.97 Å². The van der Waals surface area contributed by atoms with Crippen LogP contribution in [0.3, 0.4) is 0 Å². The maximum Gasteiger partial charge on any atom is 0.343 e. The Bertz CT molecular complexity index is 1310. The predicted molar refractivity (Wildman–Crippen MR) is 123 cm³/mol. The summed E-state index contributed by atoms with van der Waals surface area (Å²) in [6.07, 6.45) is 1.42. The number of carbonyl (C=O) groups excluding carboxylic acids is 2. The number of carbonyl (C=O) groups is 2. The van der Waals surface area contributed by atoms with Crippen molar-refractivity contribution in [2.75, 3.05) is 6.61 Å². The molecule has 4 aromatic carbocycles. The number of amides is 1. The van der Waals surface area contributed by atoms with Gasteiger partial charge in [-0.1, -0.05) is 48.5 Å². The van der Waals surface area contributed by atoms with E-state index >= 15 is 0 Å². The van der Waals surface area contributed by atoms with Crippen LogP contribution in [0.1, 0.15) is 15.9 Å². The van der Waals surface area contributed by atoms with Crippen LogP contribution in [0.15, 0.2) is 96.1 Å². The fourth-order valence-corrected chi connectivity index (χ4v) is 3.11. The highest BCUT2D eigenvalue weighted by Crippen LogP contribution is 2.27. The molecule has 1 amide bonds. The monoisotopic (exact) mass is 442 g/mol. The molecular formula is C26H19FN2O4. The summed E-state index contributed by atoms with van der Waals surface area (Å²) in [4.78, 5) is 24.6. The SMILES string of the molecule is O=C(COc1ccc(F)cc1)N/N=C\c1c(OC(=O)c2ccccc2)ccc2ccccc12. The first kappa shape index (κ1) is 21.7. The van der Waals surface area contributed by atoms with Gasteiger partial charge in [0.05, 0.1) is 11.8 Å². The van der Waals surface area contributed by atoms with Gasteiger partial charge in [0.15, 0.2) is 6.61 Å². The van der Waals surface area contributed by atoms with E-state index in [0.717, 1.165) is 10.8 Å². The van der Waals surface area contributed by atoms with E-state index in [0.29, 0.717) is 22.6 Å². The van der Waals surface area contributed by atoms with Gasteiger partial charge in [0, 0.05) is 5.56 Å². The third kappa shape index (κ3) is 5.59. The van der Waals surface area contributed by atoms with E-state index in [1.54, 1.807) is 30.3 Å². The molecule has 0 fully saturated rings. The molecule has 0 saturated heterocycles. The molecular weight excluding hydrogens is 423 g/mol. The summed E-state index contributed by atoms with van der Waals surface area (Å²) in [7, 11) is 0. The highest BCUT2D eigenvalue weighted by molar-refractivity contribution is 6.04. The third-order valence-electron chi connectivity index (χ3n) is 4.71. The van der Waals surface area contributed by atoms with Gasteiger partial charge in [0.2, 0.25) is 0 Å². The Morgan fingerprint density at radius 3 is 2.39 bits per heavy atom. The molecule has 4 aromatic rings. The minimum Gasteiger partial charge on any atom is -0.484 e. The molecule has 0 aliphatic rings. The van der Waals surface area contributed by atoms with E-state index in [1.807, 2.05) is 36.4 Å². The van der Waals surface area contributed by atoms with Gasteiger partial charge in [-0.25, -0.2) is 14.6 Å². The number of ether oxygens (including phenoxy) is 2. The summed E-state index contributed by atoms with van der Waals surface area (Å²) in [5.74, 6) is -0.728. The molecule has 0 unspecified atom stereocenters. The third-order valence-corrected chi connectivity index (χ3v) is 4.71. The van der Waals surface area contributed by atoms with E-state index < -0.39 is 17.7 Å². The van der Waals surface area contributed by atoms with Crippen LogP contribution in [0, 0.1) is 5.82 Å². The zero-order valence-corrected chi connectivity index (χ0v) is 17.4. The molecule has 0 saturated carbocycles. The van der Waals surface area contributed by atoms with Crippen LogP contribution < -0.4 is 14.9 Å². The lowest BCUT2D eigenvalue weighted by atomic mass is 10.0. The number of hydrogen-bond acceptors (Lipinski definition) is 5. The number of fused-ring (bicyclic) bond motifs is 1. The average molecular weight is 442 g/mol. The van der Waals surface area contributed by atoms with E-state index in [9.17, 15) is 14.0 Å². The summed E-state index contributed by atoms with van der Waals surface area (Å²) in [5.41, 5.74) is 3.34.